The maximum atomic E-state index is 12.7. The lowest BCUT2D eigenvalue weighted by atomic mass is 9.89. The van der Waals surface area contributed by atoms with Gasteiger partial charge in [0.1, 0.15) is 6.04 Å². The van der Waals surface area contributed by atoms with Crippen molar-refractivity contribution in [3.05, 3.63) is 34.9 Å². The topological polar surface area (TPSA) is 66.5 Å². The van der Waals surface area contributed by atoms with E-state index in [0.717, 1.165) is 11.1 Å². The van der Waals surface area contributed by atoms with Gasteiger partial charge in [0.2, 0.25) is 11.8 Å². The fraction of sp³-hybridized carbons (Fsp3) is 0.500. The minimum absolute atomic E-state index is 0.104. The summed E-state index contributed by atoms with van der Waals surface area (Å²) in [6.45, 7) is 6.92. The van der Waals surface area contributed by atoms with Gasteiger partial charge in [0.15, 0.2) is 0 Å². The molecule has 122 valence electrons. The van der Waals surface area contributed by atoms with Crippen LogP contribution in [-0.2, 0) is 16.1 Å². The smallest absolute Gasteiger partial charge is 0.255 e. The number of hydrogen-bond acceptors (Lipinski definition) is 3. The van der Waals surface area contributed by atoms with Crippen LogP contribution in [0.3, 0.4) is 0 Å². The third-order valence-electron chi connectivity index (χ3n) is 5.08. The van der Waals surface area contributed by atoms with Gasteiger partial charge in [-0.25, -0.2) is 0 Å². The van der Waals surface area contributed by atoms with E-state index in [1.54, 1.807) is 4.90 Å². The summed E-state index contributed by atoms with van der Waals surface area (Å²) in [5.74, 6) is 0.141. The Bertz CT molecular complexity index is 681. The van der Waals surface area contributed by atoms with Crippen molar-refractivity contribution in [2.45, 2.75) is 52.1 Å². The van der Waals surface area contributed by atoms with Crippen LogP contribution in [0.4, 0.5) is 0 Å². The number of carbonyl (C=O) groups excluding carboxylic acids is 3. The molecule has 2 unspecified atom stereocenters. The van der Waals surface area contributed by atoms with Crippen LogP contribution in [0.2, 0.25) is 0 Å². The Morgan fingerprint density at radius 1 is 1.17 bits per heavy atom. The van der Waals surface area contributed by atoms with E-state index in [2.05, 4.69) is 32.2 Å². The number of hydrogen-bond donors (Lipinski definition) is 1. The molecule has 2 aliphatic rings. The molecule has 3 amide bonds. The molecule has 2 aliphatic heterocycles. The van der Waals surface area contributed by atoms with E-state index in [9.17, 15) is 14.4 Å². The zero-order valence-electron chi connectivity index (χ0n) is 13.8. The summed E-state index contributed by atoms with van der Waals surface area (Å²) in [6, 6.07) is 5.49. The molecule has 0 spiro atoms. The summed E-state index contributed by atoms with van der Waals surface area (Å²) in [7, 11) is 0. The van der Waals surface area contributed by atoms with E-state index in [1.807, 2.05) is 12.1 Å². The number of carbonyl (C=O) groups is 3. The highest BCUT2D eigenvalue weighted by Crippen LogP contribution is 2.31. The second kappa shape index (κ2) is 5.80. The molecule has 0 aliphatic carbocycles. The average Bonchev–Trinajstić information content (AvgIpc) is 2.83. The molecule has 0 radical (unpaired) electrons. The fourth-order valence-corrected chi connectivity index (χ4v) is 3.24. The summed E-state index contributed by atoms with van der Waals surface area (Å²) in [5.41, 5.74) is 2.80. The molecule has 1 saturated heterocycles. The highest BCUT2D eigenvalue weighted by atomic mass is 16.2. The SMILES string of the molecule is CC(C)C(C)c1ccc2c(c1)C(=O)N(C1CCC(=O)NC1=O)C2. The van der Waals surface area contributed by atoms with Crippen molar-refractivity contribution in [2.24, 2.45) is 5.92 Å². The molecule has 0 saturated carbocycles. The molecule has 0 bridgehead atoms. The summed E-state index contributed by atoms with van der Waals surface area (Å²) >= 11 is 0. The predicted octanol–water partition coefficient (Wildman–Crippen LogP) is 2.21. The first kappa shape index (κ1) is 15.7. The fourth-order valence-electron chi connectivity index (χ4n) is 3.24. The van der Waals surface area contributed by atoms with Crippen LogP contribution in [0.15, 0.2) is 18.2 Å². The van der Waals surface area contributed by atoms with Gasteiger partial charge in [0.05, 0.1) is 0 Å². The van der Waals surface area contributed by atoms with Gasteiger partial charge >= 0.3 is 0 Å². The molecule has 5 heteroatoms. The minimum atomic E-state index is -0.543. The molecule has 0 aromatic heterocycles. The Morgan fingerprint density at radius 3 is 2.57 bits per heavy atom. The molecular formula is C18H22N2O3. The molecule has 2 atom stereocenters. The van der Waals surface area contributed by atoms with Crippen molar-refractivity contribution >= 4 is 17.7 Å². The molecule has 1 aromatic rings. The predicted molar refractivity (Wildman–Crippen MR) is 85.7 cm³/mol. The van der Waals surface area contributed by atoms with Crippen LogP contribution in [-0.4, -0.2) is 28.7 Å². The van der Waals surface area contributed by atoms with E-state index in [-0.39, 0.29) is 24.1 Å². The molecule has 1 N–H and O–H groups in total. The number of rotatable bonds is 3. The van der Waals surface area contributed by atoms with Gasteiger partial charge < -0.3 is 4.90 Å². The highest BCUT2D eigenvalue weighted by molar-refractivity contribution is 6.05. The zero-order valence-corrected chi connectivity index (χ0v) is 13.8. The largest absolute Gasteiger partial charge is 0.322 e. The Morgan fingerprint density at radius 2 is 1.91 bits per heavy atom. The zero-order chi connectivity index (χ0) is 16.7. The Hall–Kier alpha value is -2.17. The Balaban J connectivity index is 1.85. The lowest BCUT2D eigenvalue weighted by Crippen LogP contribution is -2.52. The number of benzene rings is 1. The second-order valence-corrected chi connectivity index (χ2v) is 6.85. The molecule has 3 rings (SSSR count). The molecule has 5 nitrogen and oxygen atoms in total. The summed E-state index contributed by atoms with van der Waals surface area (Å²) in [6.07, 6.45) is 0.686. The minimum Gasteiger partial charge on any atom is -0.322 e. The number of amides is 3. The quantitative estimate of drug-likeness (QED) is 0.870. The van der Waals surface area contributed by atoms with Crippen LogP contribution >= 0.6 is 0 Å². The monoisotopic (exact) mass is 314 g/mol. The molecule has 1 fully saturated rings. The van der Waals surface area contributed by atoms with Crippen LogP contribution in [0.1, 0.15) is 61.0 Å². The van der Waals surface area contributed by atoms with Crippen LogP contribution in [0.25, 0.3) is 0 Å². The Kier molecular flexibility index (Phi) is 3.96. The normalized spacial score (nSPS) is 22.3. The standard InChI is InChI=1S/C18H22N2O3/c1-10(2)11(3)12-4-5-13-9-20(18(23)14(13)8-12)15-6-7-16(21)19-17(15)22/h4-5,8,10-11,15H,6-7,9H2,1-3H3,(H,19,21,22). The van der Waals surface area contributed by atoms with Crippen LogP contribution < -0.4 is 5.32 Å². The van der Waals surface area contributed by atoms with Gasteiger partial charge in [-0.05, 0) is 35.4 Å². The number of piperidine rings is 1. The summed E-state index contributed by atoms with van der Waals surface area (Å²) in [4.78, 5) is 37.6. The van der Waals surface area contributed by atoms with E-state index >= 15 is 0 Å². The molecule has 2 heterocycles. The first-order valence-corrected chi connectivity index (χ1v) is 8.16. The van der Waals surface area contributed by atoms with Gasteiger partial charge in [0.25, 0.3) is 5.91 Å². The van der Waals surface area contributed by atoms with Crippen LogP contribution in [0.5, 0.6) is 0 Å². The van der Waals surface area contributed by atoms with Crippen molar-refractivity contribution in [3.63, 3.8) is 0 Å². The molecule has 1 aromatic carbocycles. The maximum Gasteiger partial charge on any atom is 0.255 e. The number of fused-ring (bicyclic) bond motifs is 1. The van der Waals surface area contributed by atoms with Gasteiger partial charge in [0, 0.05) is 18.5 Å². The van der Waals surface area contributed by atoms with Gasteiger partial charge in [-0.2, -0.15) is 0 Å². The number of nitrogens with one attached hydrogen (secondary N) is 1. The van der Waals surface area contributed by atoms with Crippen molar-refractivity contribution in [3.8, 4) is 0 Å². The van der Waals surface area contributed by atoms with E-state index in [1.165, 1.54) is 0 Å². The van der Waals surface area contributed by atoms with E-state index in [0.29, 0.717) is 30.4 Å². The third-order valence-corrected chi connectivity index (χ3v) is 5.08. The highest BCUT2D eigenvalue weighted by Gasteiger charge is 2.39. The van der Waals surface area contributed by atoms with Crippen molar-refractivity contribution in [1.82, 2.24) is 10.2 Å². The number of nitrogens with zero attached hydrogens (tertiary/aromatic N) is 1. The second-order valence-electron chi connectivity index (χ2n) is 6.85. The first-order valence-electron chi connectivity index (χ1n) is 8.16. The molecular weight excluding hydrogens is 292 g/mol. The lowest BCUT2D eigenvalue weighted by Gasteiger charge is -2.29. The van der Waals surface area contributed by atoms with E-state index in [4.69, 9.17) is 0 Å². The summed E-state index contributed by atoms with van der Waals surface area (Å²) < 4.78 is 0. The lowest BCUT2D eigenvalue weighted by molar-refractivity contribution is -0.136. The Labute approximate surface area is 136 Å². The average molecular weight is 314 g/mol. The van der Waals surface area contributed by atoms with Gasteiger partial charge in [-0.15, -0.1) is 0 Å². The van der Waals surface area contributed by atoms with Gasteiger partial charge in [-0.3, -0.25) is 19.7 Å². The van der Waals surface area contributed by atoms with Crippen molar-refractivity contribution in [2.75, 3.05) is 0 Å². The first-order chi connectivity index (χ1) is 10.9. The van der Waals surface area contributed by atoms with Gasteiger partial charge in [-0.1, -0.05) is 32.9 Å². The van der Waals surface area contributed by atoms with Crippen molar-refractivity contribution in [1.29, 1.82) is 0 Å². The molecule has 23 heavy (non-hydrogen) atoms. The third kappa shape index (κ3) is 2.76. The van der Waals surface area contributed by atoms with Crippen LogP contribution in [0, 0.1) is 5.92 Å². The van der Waals surface area contributed by atoms with E-state index < -0.39 is 6.04 Å². The number of imide groups is 1. The maximum absolute atomic E-state index is 12.7. The summed E-state index contributed by atoms with van der Waals surface area (Å²) in [5, 5.41) is 2.33. The van der Waals surface area contributed by atoms with Crippen molar-refractivity contribution < 1.29 is 14.4 Å².